The first-order valence-corrected chi connectivity index (χ1v) is 6.69. The van der Waals surface area contributed by atoms with Crippen LogP contribution in [0, 0.1) is 0 Å². The number of hydrogen-bond donors (Lipinski definition) is 3. The minimum absolute atomic E-state index is 0. The molecule has 0 radical (unpaired) electrons. The maximum absolute atomic E-state index is 12.1. The Bertz CT molecular complexity index is 533. The molecular formula is C14H20ClN3O4. The third kappa shape index (κ3) is 4.33. The van der Waals surface area contributed by atoms with E-state index in [1.807, 2.05) is 0 Å². The average Bonchev–Trinajstić information content (AvgIpc) is 2.55. The summed E-state index contributed by atoms with van der Waals surface area (Å²) in [6.07, 6.45) is -0.557. The van der Waals surface area contributed by atoms with Crippen molar-refractivity contribution in [3.63, 3.8) is 0 Å². The van der Waals surface area contributed by atoms with E-state index in [1.54, 1.807) is 18.2 Å². The van der Waals surface area contributed by atoms with E-state index in [0.717, 1.165) is 6.54 Å². The van der Waals surface area contributed by atoms with E-state index in [1.165, 1.54) is 14.2 Å². The molecule has 1 heterocycles. The Balaban J connectivity index is 0.00000242. The van der Waals surface area contributed by atoms with E-state index >= 15 is 0 Å². The summed E-state index contributed by atoms with van der Waals surface area (Å²) in [6, 6.07) is 4.90. The molecule has 0 aliphatic carbocycles. The molecular weight excluding hydrogens is 310 g/mol. The van der Waals surface area contributed by atoms with Gasteiger partial charge in [0.1, 0.15) is 11.9 Å². The van der Waals surface area contributed by atoms with Crippen molar-refractivity contribution in [3.8, 4) is 5.75 Å². The molecule has 2 rings (SSSR count). The van der Waals surface area contributed by atoms with Gasteiger partial charge in [0.25, 0.3) is 11.8 Å². The highest BCUT2D eigenvalue weighted by Gasteiger charge is 2.23. The van der Waals surface area contributed by atoms with E-state index in [0.29, 0.717) is 30.2 Å². The molecule has 0 spiro atoms. The number of carbonyl (C=O) groups is 2. The number of nitrogens with one attached hydrogen (secondary N) is 3. The molecule has 1 aliphatic heterocycles. The summed E-state index contributed by atoms with van der Waals surface area (Å²) in [5.74, 6) is -0.0356. The number of rotatable bonds is 4. The molecule has 22 heavy (non-hydrogen) atoms. The lowest BCUT2D eigenvalue weighted by Crippen LogP contribution is -2.45. The highest BCUT2D eigenvalue weighted by molar-refractivity contribution is 6.05. The van der Waals surface area contributed by atoms with E-state index < -0.39 is 6.10 Å². The number of anilines is 1. The summed E-state index contributed by atoms with van der Waals surface area (Å²) >= 11 is 0. The quantitative estimate of drug-likeness (QED) is 0.744. The molecule has 1 saturated heterocycles. The lowest BCUT2D eigenvalue weighted by Gasteiger charge is -2.23. The van der Waals surface area contributed by atoms with Crippen LogP contribution in [0.15, 0.2) is 18.2 Å². The smallest absolute Gasteiger partial charge is 0.254 e. The molecule has 1 unspecified atom stereocenters. The van der Waals surface area contributed by atoms with Gasteiger partial charge in [0.15, 0.2) is 0 Å². The molecule has 122 valence electrons. The van der Waals surface area contributed by atoms with Gasteiger partial charge in [0.05, 0.1) is 25.0 Å². The van der Waals surface area contributed by atoms with Crippen LogP contribution in [0.25, 0.3) is 0 Å². The number of hydrogen-bond acceptors (Lipinski definition) is 5. The van der Waals surface area contributed by atoms with Crippen LogP contribution in [0.1, 0.15) is 10.4 Å². The van der Waals surface area contributed by atoms with Crippen LogP contribution >= 0.6 is 12.4 Å². The van der Waals surface area contributed by atoms with Crippen molar-refractivity contribution in [2.75, 3.05) is 39.2 Å². The van der Waals surface area contributed by atoms with Crippen molar-refractivity contribution >= 4 is 29.9 Å². The number of morpholine rings is 1. The summed E-state index contributed by atoms with van der Waals surface area (Å²) < 4.78 is 10.5. The zero-order chi connectivity index (χ0) is 15.2. The van der Waals surface area contributed by atoms with E-state index in [2.05, 4.69) is 16.0 Å². The largest absolute Gasteiger partial charge is 0.497 e. The Morgan fingerprint density at radius 2 is 2.18 bits per heavy atom. The van der Waals surface area contributed by atoms with Gasteiger partial charge in [-0.05, 0) is 18.2 Å². The molecule has 1 fully saturated rings. The number of halogens is 1. The number of carbonyl (C=O) groups excluding carboxylic acids is 2. The Kier molecular flexibility index (Phi) is 7.10. The standard InChI is InChI=1S/C14H19N3O4.ClH/c1-15-13(18)10-7-9(20-2)3-4-11(10)17-14(19)12-8-16-5-6-21-12;/h3-4,7,12,16H,5-6,8H2,1-2H3,(H,15,18)(H,17,19);1H. The number of ether oxygens (including phenoxy) is 2. The minimum atomic E-state index is -0.557. The topological polar surface area (TPSA) is 88.7 Å². The van der Waals surface area contributed by atoms with Crippen molar-refractivity contribution in [3.05, 3.63) is 23.8 Å². The SMILES string of the molecule is CNC(=O)c1cc(OC)ccc1NC(=O)C1CNCCO1.Cl. The third-order valence-electron chi connectivity index (χ3n) is 3.18. The van der Waals surface area contributed by atoms with Crippen molar-refractivity contribution < 1.29 is 19.1 Å². The first-order valence-electron chi connectivity index (χ1n) is 6.69. The third-order valence-corrected chi connectivity index (χ3v) is 3.18. The molecule has 7 nitrogen and oxygen atoms in total. The van der Waals surface area contributed by atoms with Crippen molar-refractivity contribution in [2.24, 2.45) is 0 Å². The van der Waals surface area contributed by atoms with E-state index in [9.17, 15) is 9.59 Å². The van der Waals surface area contributed by atoms with Crippen LogP contribution in [-0.2, 0) is 9.53 Å². The van der Waals surface area contributed by atoms with E-state index in [-0.39, 0.29) is 24.2 Å². The Hall–Kier alpha value is -1.83. The summed E-state index contributed by atoms with van der Waals surface area (Å²) in [4.78, 5) is 24.0. The zero-order valence-corrected chi connectivity index (χ0v) is 13.3. The fraction of sp³-hybridized carbons (Fsp3) is 0.429. The van der Waals surface area contributed by atoms with Crippen molar-refractivity contribution in [1.82, 2.24) is 10.6 Å². The Morgan fingerprint density at radius 1 is 1.41 bits per heavy atom. The van der Waals surface area contributed by atoms with Crippen molar-refractivity contribution in [2.45, 2.75) is 6.10 Å². The van der Waals surface area contributed by atoms with Gasteiger partial charge < -0.3 is 25.4 Å². The van der Waals surface area contributed by atoms with Gasteiger partial charge >= 0.3 is 0 Å². The normalized spacial score (nSPS) is 17.1. The predicted molar refractivity (Wildman–Crippen MR) is 84.9 cm³/mol. The number of methoxy groups -OCH3 is 1. The van der Waals surface area contributed by atoms with Gasteiger partial charge in [0.2, 0.25) is 0 Å². The second-order valence-electron chi connectivity index (χ2n) is 4.54. The molecule has 8 heteroatoms. The van der Waals surface area contributed by atoms with Gasteiger partial charge in [-0.25, -0.2) is 0 Å². The number of amides is 2. The van der Waals surface area contributed by atoms with Gasteiger partial charge in [-0.1, -0.05) is 0 Å². The van der Waals surface area contributed by atoms with Crippen LogP contribution in [0.4, 0.5) is 5.69 Å². The van der Waals surface area contributed by atoms with Crippen LogP contribution in [0.3, 0.4) is 0 Å². The first-order chi connectivity index (χ1) is 10.2. The Labute approximate surface area is 135 Å². The summed E-state index contributed by atoms with van der Waals surface area (Å²) in [5, 5.41) is 8.35. The highest BCUT2D eigenvalue weighted by atomic mass is 35.5. The van der Waals surface area contributed by atoms with Crippen molar-refractivity contribution in [1.29, 1.82) is 0 Å². The van der Waals surface area contributed by atoms with Crippen LogP contribution < -0.4 is 20.7 Å². The molecule has 3 N–H and O–H groups in total. The van der Waals surface area contributed by atoms with Gasteiger partial charge in [-0.3, -0.25) is 9.59 Å². The molecule has 1 aliphatic rings. The Morgan fingerprint density at radius 3 is 2.77 bits per heavy atom. The lowest BCUT2D eigenvalue weighted by molar-refractivity contribution is -0.128. The van der Waals surface area contributed by atoms with Gasteiger partial charge in [0, 0.05) is 20.1 Å². The second kappa shape index (κ2) is 8.57. The zero-order valence-electron chi connectivity index (χ0n) is 12.5. The summed E-state index contributed by atoms with van der Waals surface area (Å²) in [6.45, 7) is 1.68. The van der Waals surface area contributed by atoms with Gasteiger partial charge in [-0.2, -0.15) is 0 Å². The molecule has 2 amide bonds. The van der Waals surface area contributed by atoms with E-state index in [4.69, 9.17) is 9.47 Å². The monoisotopic (exact) mass is 329 g/mol. The van der Waals surface area contributed by atoms with Crippen LogP contribution in [0.2, 0.25) is 0 Å². The molecule has 1 aromatic rings. The van der Waals surface area contributed by atoms with Crippen LogP contribution in [0.5, 0.6) is 5.75 Å². The molecule has 0 saturated carbocycles. The maximum Gasteiger partial charge on any atom is 0.254 e. The molecule has 0 aromatic heterocycles. The molecule has 1 atom stereocenters. The molecule has 1 aromatic carbocycles. The fourth-order valence-electron chi connectivity index (χ4n) is 2.03. The summed E-state index contributed by atoms with van der Waals surface area (Å²) in [7, 11) is 3.05. The second-order valence-corrected chi connectivity index (χ2v) is 4.54. The van der Waals surface area contributed by atoms with Gasteiger partial charge in [-0.15, -0.1) is 12.4 Å². The minimum Gasteiger partial charge on any atom is -0.497 e. The average molecular weight is 330 g/mol. The maximum atomic E-state index is 12.1. The highest BCUT2D eigenvalue weighted by Crippen LogP contribution is 2.22. The molecule has 0 bridgehead atoms. The lowest BCUT2D eigenvalue weighted by atomic mass is 10.1. The number of benzene rings is 1. The summed E-state index contributed by atoms with van der Waals surface area (Å²) in [5.41, 5.74) is 0.767. The fourth-order valence-corrected chi connectivity index (χ4v) is 2.03. The van der Waals surface area contributed by atoms with Crippen LogP contribution in [-0.4, -0.2) is 51.8 Å². The first kappa shape index (κ1) is 18.2. The predicted octanol–water partition coefficient (Wildman–Crippen LogP) is 0.403.